The maximum absolute atomic E-state index is 3.74. The Bertz CT molecular complexity index is 988. The van der Waals surface area contributed by atoms with Crippen molar-refractivity contribution < 1.29 is 49.0 Å². The fourth-order valence-electron chi connectivity index (χ4n) is 4.50. The molecule has 0 radical (unpaired) electrons. The minimum Gasteiger partial charge on any atom is -0.214 e. The average molecular weight is 633 g/mol. The second kappa shape index (κ2) is 15.2. The van der Waals surface area contributed by atoms with Crippen molar-refractivity contribution in [1.82, 2.24) is 0 Å². The molecule has 0 aliphatic heterocycles. The van der Waals surface area contributed by atoms with E-state index in [0.29, 0.717) is 0 Å². The van der Waals surface area contributed by atoms with Crippen LogP contribution in [0.25, 0.3) is 11.1 Å². The Balaban J connectivity index is 0.000000356. The maximum Gasteiger partial charge on any atom is -0.172 e. The summed E-state index contributed by atoms with van der Waals surface area (Å²) in [6, 6.07) is 25.5. The monoisotopic (exact) mass is 630 g/mol. The van der Waals surface area contributed by atoms with E-state index < -0.39 is 16.1 Å². The second-order valence-corrected chi connectivity index (χ2v) is 23.6. The third kappa shape index (κ3) is 10.0. The minimum atomic E-state index is -1.27. The number of halogens is 2. The Morgan fingerprint density at radius 1 is 0.750 bits per heavy atom. The van der Waals surface area contributed by atoms with Gasteiger partial charge in [-0.1, -0.05) is 73.8 Å². The number of benzene rings is 2. The van der Waals surface area contributed by atoms with Crippen LogP contribution in [-0.2, 0) is 30.7 Å². The Kier molecular flexibility index (Phi) is 14.2. The predicted molar refractivity (Wildman–Crippen MR) is 154 cm³/mol. The zero-order chi connectivity index (χ0) is 24.8. The number of rotatable bonds is 2. The van der Waals surface area contributed by atoms with Crippen LogP contribution in [0.1, 0.15) is 49.7 Å². The third-order valence-corrected chi connectivity index (χ3v) is 11.9. The van der Waals surface area contributed by atoms with Crippen LogP contribution < -0.4 is 35.2 Å². The van der Waals surface area contributed by atoms with Crippen molar-refractivity contribution in [1.29, 1.82) is 0 Å². The molecule has 2 aliphatic carbocycles. The molecule has 0 spiro atoms. The van der Waals surface area contributed by atoms with E-state index in [1.165, 1.54) is 66.0 Å². The van der Waals surface area contributed by atoms with Crippen LogP contribution in [-0.4, -0.2) is 19.4 Å². The van der Waals surface area contributed by atoms with E-state index >= 15 is 0 Å². The SMILES string of the molecule is C[Si](C)(C)c1[c-]c2c(cc1)-c1ccc([Si](C)(C)C)cc1C2.[Cl-].[Cl-].[Zr+2]=[C]1CCCCCC1.c1cc[cH-]c1. The Hall–Kier alpha value is -0.443. The average Bonchev–Trinajstić information content (AvgIpc) is 3.40. The summed E-state index contributed by atoms with van der Waals surface area (Å²) in [5.74, 6) is 0. The van der Waals surface area contributed by atoms with Crippen LogP contribution in [0.5, 0.6) is 0 Å². The molecule has 0 unspecified atom stereocenters. The fraction of sp³-hybridized carbons (Fsp3) is 0.419. The fourth-order valence-corrected chi connectivity index (χ4v) is 7.67. The van der Waals surface area contributed by atoms with Crippen molar-refractivity contribution in [3.63, 3.8) is 0 Å². The quantitative estimate of drug-likeness (QED) is 0.179. The summed E-state index contributed by atoms with van der Waals surface area (Å²) in [5.41, 5.74) is 5.77. The van der Waals surface area contributed by atoms with Crippen molar-refractivity contribution in [3.05, 3.63) is 77.9 Å². The standard InChI is InChI=1S/C19H25Si2.C7H12.C5H5.2ClH.Zr/c1-20(2,3)16-7-9-18-14(12-16)11-15-13-17(21(4,5)6)8-10-19(15)18;1-2-4-6-7-5-3-1;1-2-4-5-3-1;;;/h7-10,12H,11H2,1-6H3;1-6H2;1-5H;2*1H;/q-1;;-1;;;+2/p-2. The smallest absolute Gasteiger partial charge is 0.172 e. The van der Waals surface area contributed by atoms with E-state index in [4.69, 9.17) is 0 Å². The molecule has 0 nitrogen and oxygen atoms in total. The van der Waals surface area contributed by atoms with Crippen molar-refractivity contribution in [2.24, 2.45) is 0 Å². The molecule has 0 aromatic heterocycles. The molecule has 194 valence electrons. The summed E-state index contributed by atoms with van der Waals surface area (Å²) in [4.78, 5) is 0. The van der Waals surface area contributed by atoms with Crippen LogP contribution in [0.3, 0.4) is 0 Å². The van der Waals surface area contributed by atoms with E-state index in [-0.39, 0.29) is 24.8 Å². The molecule has 0 saturated heterocycles. The van der Waals surface area contributed by atoms with Crippen LogP contribution >= 0.6 is 0 Å². The molecule has 5 rings (SSSR count). The maximum atomic E-state index is 3.74. The first-order valence-corrected chi connectivity index (χ1v) is 21.2. The molecule has 0 amide bonds. The van der Waals surface area contributed by atoms with Crippen molar-refractivity contribution >= 4 is 29.7 Å². The summed E-state index contributed by atoms with van der Waals surface area (Å²) in [6.07, 6.45) is 9.87. The molecule has 3 aromatic rings. The molecular formula is C31H42Cl2Si2Zr-2. The number of hydrogen-bond donors (Lipinski definition) is 0. The van der Waals surface area contributed by atoms with E-state index in [1.807, 2.05) is 33.5 Å². The number of hydrogen-bond acceptors (Lipinski definition) is 0. The summed E-state index contributed by atoms with van der Waals surface area (Å²) in [5, 5.41) is 3.03. The first-order chi connectivity index (χ1) is 16.1. The van der Waals surface area contributed by atoms with Gasteiger partial charge in [-0.2, -0.15) is 47.1 Å². The van der Waals surface area contributed by atoms with Gasteiger partial charge in [0.05, 0.1) is 16.1 Å². The molecule has 1 fully saturated rings. The van der Waals surface area contributed by atoms with Gasteiger partial charge in [-0.15, -0.1) is 5.56 Å². The predicted octanol–water partition coefficient (Wildman–Crippen LogP) is 1.62. The molecule has 0 atom stereocenters. The van der Waals surface area contributed by atoms with Gasteiger partial charge >= 0.3 is 66.0 Å². The zero-order valence-electron chi connectivity index (χ0n) is 23.0. The summed E-state index contributed by atoms with van der Waals surface area (Å²) < 4.78 is 1.81. The van der Waals surface area contributed by atoms with Crippen molar-refractivity contribution in [3.8, 4) is 11.1 Å². The van der Waals surface area contributed by atoms with Crippen LogP contribution in [0, 0.1) is 6.07 Å². The largest absolute Gasteiger partial charge is 0.214 e. The molecule has 1 saturated carbocycles. The minimum absolute atomic E-state index is 0. The Morgan fingerprint density at radius 3 is 1.83 bits per heavy atom. The number of fused-ring (bicyclic) bond motifs is 3. The summed E-state index contributed by atoms with van der Waals surface area (Å²) in [7, 11) is -2.49. The van der Waals surface area contributed by atoms with Gasteiger partial charge in [0.15, 0.2) is 0 Å². The molecule has 36 heavy (non-hydrogen) atoms. The Morgan fingerprint density at radius 2 is 1.33 bits per heavy atom. The van der Waals surface area contributed by atoms with Gasteiger partial charge in [0.1, 0.15) is 0 Å². The molecule has 0 N–H and O–H groups in total. The molecule has 2 aliphatic rings. The van der Waals surface area contributed by atoms with Crippen molar-refractivity contribution in [2.75, 3.05) is 0 Å². The Labute approximate surface area is 250 Å². The zero-order valence-corrected chi connectivity index (χ0v) is 28.9. The first-order valence-electron chi connectivity index (χ1n) is 13.0. The van der Waals surface area contributed by atoms with Gasteiger partial charge in [0, 0.05) is 0 Å². The van der Waals surface area contributed by atoms with Gasteiger partial charge in [-0.3, -0.25) is 0 Å². The topological polar surface area (TPSA) is 0 Å². The first kappa shape index (κ1) is 33.6. The van der Waals surface area contributed by atoms with Crippen LogP contribution in [0.4, 0.5) is 0 Å². The summed E-state index contributed by atoms with van der Waals surface area (Å²) in [6.45, 7) is 14.5. The van der Waals surface area contributed by atoms with Crippen molar-refractivity contribution in [2.45, 2.75) is 84.2 Å². The van der Waals surface area contributed by atoms with Gasteiger partial charge < -0.3 is 24.8 Å². The van der Waals surface area contributed by atoms with Crippen LogP contribution in [0.15, 0.2) is 60.7 Å². The second-order valence-electron chi connectivity index (χ2n) is 11.8. The van der Waals surface area contributed by atoms with Gasteiger partial charge in [0.2, 0.25) is 0 Å². The van der Waals surface area contributed by atoms with E-state index in [0.717, 1.165) is 6.42 Å². The van der Waals surface area contributed by atoms with Gasteiger partial charge in [-0.25, -0.2) is 12.1 Å². The van der Waals surface area contributed by atoms with Gasteiger partial charge in [-0.05, 0) is 6.42 Å². The molecule has 3 aromatic carbocycles. The van der Waals surface area contributed by atoms with E-state index in [9.17, 15) is 0 Å². The molecular weight excluding hydrogens is 591 g/mol. The molecule has 5 heteroatoms. The third-order valence-electron chi connectivity index (χ3n) is 6.73. The van der Waals surface area contributed by atoms with E-state index in [2.05, 4.69) is 75.7 Å². The van der Waals surface area contributed by atoms with Gasteiger partial charge in [0.25, 0.3) is 0 Å². The molecule has 0 bridgehead atoms. The summed E-state index contributed by atoms with van der Waals surface area (Å²) >= 11 is 1.69. The van der Waals surface area contributed by atoms with E-state index in [1.54, 1.807) is 29.4 Å². The normalized spacial score (nSPS) is 14.4. The molecule has 0 heterocycles. The van der Waals surface area contributed by atoms with Crippen LogP contribution in [0.2, 0.25) is 39.3 Å².